The van der Waals surface area contributed by atoms with Gasteiger partial charge < -0.3 is 4.43 Å². The van der Waals surface area contributed by atoms with E-state index in [0.29, 0.717) is 12.5 Å². The molecule has 1 aliphatic rings. The minimum Gasteiger partial charge on any atom is -0.407 e. The van der Waals surface area contributed by atoms with Crippen LogP contribution in [0.15, 0.2) is 72.8 Å². The molecular formula is C28H41NO2SSi. The molecule has 2 aromatic rings. The summed E-state index contributed by atoms with van der Waals surface area (Å²) in [6, 6.07) is 21.6. The molecule has 1 heterocycles. The lowest BCUT2D eigenvalue weighted by Gasteiger charge is -2.43. The van der Waals surface area contributed by atoms with E-state index in [1.165, 1.54) is 15.9 Å². The van der Waals surface area contributed by atoms with E-state index in [2.05, 4.69) is 99.2 Å². The van der Waals surface area contributed by atoms with Crippen molar-refractivity contribution in [2.45, 2.75) is 70.7 Å². The first-order chi connectivity index (χ1) is 15.4. The molecule has 0 N–H and O–H groups in total. The zero-order chi connectivity index (χ0) is 24.4. The minimum atomic E-state index is -2.57. The van der Waals surface area contributed by atoms with Gasteiger partial charge in [-0.2, -0.15) is 0 Å². The molecule has 0 bridgehead atoms. The van der Waals surface area contributed by atoms with Crippen LogP contribution < -0.4 is 10.4 Å². The second-order valence-corrected chi connectivity index (χ2v) is 17.8. The van der Waals surface area contributed by atoms with Gasteiger partial charge in [0.2, 0.25) is 0 Å². The Balaban J connectivity index is 1.93. The average molecular weight is 484 g/mol. The highest BCUT2D eigenvalue weighted by Crippen LogP contribution is 2.38. The summed E-state index contributed by atoms with van der Waals surface area (Å²) >= 11 is 0. The van der Waals surface area contributed by atoms with Crippen molar-refractivity contribution in [1.29, 1.82) is 0 Å². The van der Waals surface area contributed by atoms with Crippen LogP contribution in [0.4, 0.5) is 0 Å². The number of rotatable bonds is 7. The third-order valence-corrected chi connectivity index (χ3v) is 13.6. The van der Waals surface area contributed by atoms with Crippen molar-refractivity contribution in [3.05, 3.63) is 72.8 Å². The lowest BCUT2D eigenvalue weighted by Crippen LogP contribution is -2.66. The van der Waals surface area contributed by atoms with Crippen LogP contribution in [0.2, 0.25) is 5.04 Å². The Morgan fingerprint density at radius 1 is 0.970 bits per heavy atom. The Labute approximate surface area is 205 Å². The van der Waals surface area contributed by atoms with Crippen LogP contribution in [0, 0.1) is 5.92 Å². The molecule has 5 heteroatoms. The number of hydrogen-bond donors (Lipinski definition) is 0. The van der Waals surface area contributed by atoms with E-state index in [9.17, 15) is 4.21 Å². The molecule has 3 atom stereocenters. The monoisotopic (exact) mass is 483 g/mol. The zero-order valence-electron chi connectivity index (χ0n) is 21.4. The fraction of sp³-hybridized carbons (Fsp3) is 0.500. The molecule has 33 heavy (non-hydrogen) atoms. The van der Waals surface area contributed by atoms with Gasteiger partial charge in [0.05, 0.1) is 4.75 Å². The van der Waals surface area contributed by atoms with Gasteiger partial charge in [-0.1, -0.05) is 101 Å². The molecule has 1 fully saturated rings. The molecule has 0 spiro atoms. The SMILES string of the molecule is C=C1C(C)CN([S@](=O)C(C)(C)C)[C@@H]1CCO[Si](c1ccccc1)(c1ccccc1)C(C)(C)C. The van der Waals surface area contributed by atoms with Crippen molar-refractivity contribution in [2.75, 3.05) is 13.2 Å². The minimum absolute atomic E-state index is 0.0520. The smallest absolute Gasteiger partial charge is 0.261 e. The van der Waals surface area contributed by atoms with Crippen LogP contribution in [0.3, 0.4) is 0 Å². The summed E-state index contributed by atoms with van der Waals surface area (Å²) in [5.41, 5.74) is 1.18. The van der Waals surface area contributed by atoms with Crippen molar-refractivity contribution in [3.63, 3.8) is 0 Å². The number of hydrogen-bond acceptors (Lipinski definition) is 2. The molecule has 1 saturated heterocycles. The van der Waals surface area contributed by atoms with E-state index in [0.717, 1.165) is 13.0 Å². The molecule has 0 aromatic heterocycles. The summed E-state index contributed by atoms with van der Waals surface area (Å²) in [5, 5.41) is 2.53. The molecule has 3 rings (SSSR count). The summed E-state index contributed by atoms with van der Waals surface area (Å²) in [4.78, 5) is 0. The van der Waals surface area contributed by atoms with Gasteiger partial charge in [-0.3, -0.25) is 0 Å². The summed E-state index contributed by atoms with van der Waals surface area (Å²) in [5.74, 6) is 0.342. The van der Waals surface area contributed by atoms with Crippen LogP contribution in [0.1, 0.15) is 54.9 Å². The lowest BCUT2D eigenvalue weighted by atomic mass is 10.0. The normalized spacial score (nSPS) is 21.4. The Morgan fingerprint density at radius 2 is 1.45 bits per heavy atom. The highest BCUT2D eigenvalue weighted by atomic mass is 32.2. The first kappa shape index (κ1) is 26.1. The standard InChI is InChI=1S/C28H41NO2SSi/c1-22-21-29(32(30)27(3,4)5)26(23(22)2)19-20-31-33(28(6,7)8,24-15-11-9-12-16-24)25-17-13-10-14-18-25/h9-18,22,26H,2,19-21H2,1,3-8H3/t22?,26-,32-/m1/s1. The molecule has 3 nitrogen and oxygen atoms in total. The second kappa shape index (κ2) is 9.99. The Kier molecular flexibility index (Phi) is 7.89. The van der Waals surface area contributed by atoms with E-state index in [4.69, 9.17) is 4.43 Å². The topological polar surface area (TPSA) is 29.5 Å². The van der Waals surface area contributed by atoms with E-state index in [1.54, 1.807) is 0 Å². The highest BCUT2D eigenvalue weighted by Gasteiger charge is 2.50. The van der Waals surface area contributed by atoms with Crippen molar-refractivity contribution in [2.24, 2.45) is 5.92 Å². The Bertz CT molecular complexity index is 923. The van der Waals surface area contributed by atoms with Gasteiger partial charge in [0, 0.05) is 19.2 Å². The molecule has 2 aromatic carbocycles. The molecule has 0 radical (unpaired) electrons. The third kappa shape index (κ3) is 5.27. The fourth-order valence-corrected chi connectivity index (χ4v) is 11.1. The molecule has 1 unspecified atom stereocenters. The summed E-state index contributed by atoms with van der Waals surface area (Å²) in [6.45, 7) is 21.0. The number of benzene rings is 2. The van der Waals surface area contributed by atoms with Gasteiger partial charge in [0.25, 0.3) is 8.32 Å². The second-order valence-electron chi connectivity index (χ2n) is 11.3. The average Bonchev–Trinajstić information content (AvgIpc) is 3.04. The van der Waals surface area contributed by atoms with Crippen molar-refractivity contribution < 1.29 is 8.63 Å². The van der Waals surface area contributed by atoms with Crippen molar-refractivity contribution in [3.8, 4) is 0 Å². The van der Waals surface area contributed by atoms with Crippen molar-refractivity contribution in [1.82, 2.24) is 4.31 Å². The van der Waals surface area contributed by atoms with Crippen LogP contribution in [0.25, 0.3) is 0 Å². The molecule has 0 amide bonds. The van der Waals surface area contributed by atoms with Crippen LogP contribution in [-0.2, 0) is 15.4 Å². The maximum Gasteiger partial charge on any atom is 0.261 e. The molecule has 1 aliphatic heterocycles. The third-order valence-electron chi connectivity index (χ3n) is 6.73. The van der Waals surface area contributed by atoms with Gasteiger partial charge in [0.1, 0.15) is 11.0 Å². The quantitative estimate of drug-likeness (QED) is 0.395. The largest absolute Gasteiger partial charge is 0.407 e. The van der Waals surface area contributed by atoms with Crippen LogP contribution in [0.5, 0.6) is 0 Å². The van der Waals surface area contributed by atoms with Gasteiger partial charge in [0.15, 0.2) is 0 Å². The summed E-state index contributed by atoms with van der Waals surface area (Å²) < 4.78 is 22.3. The first-order valence-electron chi connectivity index (χ1n) is 12.0. The van der Waals surface area contributed by atoms with Gasteiger partial charge in [-0.15, -0.1) is 0 Å². The van der Waals surface area contributed by atoms with Crippen LogP contribution in [-0.4, -0.2) is 40.8 Å². The van der Waals surface area contributed by atoms with Gasteiger partial charge in [-0.05, 0) is 48.5 Å². The molecule has 180 valence electrons. The summed E-state index contributed by atoms with van der Waals surface area (Å²) in [7, 11) is -3.64. The highest BCUT2D eigenvalue weighted by molar-refractivity contribution is 7.84. The van der Waals surface area contributed by atoms with Gasteiger partial charge >= 0.3 is 0 Å². The van der Waals surface area contributed by atoms with E-state index < -0.39 is 19.3 Å². The van der Waals surface area contributed by atoms with Crippen molar-refractivity contribution >= 4 is 29.7 Å². The predicted octanol–water partition coefficient (Wildman–Crippen LogP) is 5.29. The fourth-order valence-electron chi connectivity index (χ4n) is 4.98. The number of nitrogens with zero attached hydrogens (tertiary/aromatic N) is 1. The molecule has 0 aliphatic carbocycles. The maximum atomic E-state index is 13.3. The van der Waals surface area contributed by atoms with E-state index in [-0.39, 0.29) is 15.8 Å². The molecule has 0 saturated carbocycles. The maximum absolute atomic E-state index is 13.3. The molecular weight excluding hydrogens is 442 g/mol. The lowest BCUT2D eigenvalue weighted by molar-refractivity contribution is 0.263. The zero-order valence-corrected chi connectivity index (χ0v) is 23.2. The first-order valence-corrected chi connectivity index (χ1v) is 15.0. The van der Waals surface area contributed by atoms with E-state index >= 15 is 0 Å². The van der Waals surface area contributed by atoms with Gasteiger partial charge in [-0.25, -0.2) is 8.51 Å². The Hall–Kier alpha value is -1.53. The van der Waals surface area contributed by atoms with E-state index in [1.807, 2.05) is 20.8 Å². The van der Waals surface area contributed by atoms with Crippen LogP contribution >= 0.6 is 0 Å². The summed E-state index contributed by atoms with van der Waals surface area (Å²) in [6.07, 6.45) is 0.801. The predicted molar refractivity (Wildman–Crippen MR) is 145 cm³/mol. The Morgan fingerprint density at radius 3 is 1.88 bits per heavy atom.